The number of rotatable bonds is 3. The van der Waals surface area contributed by atoms with Crippen LogP contribution in [0.25, 0.3) is 0 Å². The molecule has 0 bridgehead atoms. The van der Waals surface area contributed by atoms with Crippen LogP contribution in [0.3, 0.4) is 0 Å². The highest BCUT2D eigenvalue weighted by molar-refractivity contribution is 5.78. The summed E-state index contributed by atoms with van der Waals surface area (Å²) >= 11 is 0. The van der Waals surface area contributed by atoms with Crippen LogP contribution in [0.5, 0.6) is 0 Å². The van der Waals surface area contributed by atoms with Crippen LogP contribution in [0.4, 0.5) is 0 Å². The van der Waals surface area contributed by atoms with E-state index in [9.17, 15) is 4.79 Å². The fraction of sp³-hybridized carbons (Fsp3) is 0.375. The Balaban J connectivity index is 0. The van der Waals surface area contributed by atoms with Crippen LogP contribution in [0.1, 0.15) is 6.92 Å². The van der Waals surface area contributed by atoms with E-state index >= 15 is 0 Å². The Labute approximate surface area is 68.2 Å². The predicted octanol–water partition coefficient (Wildman–Crippen LogP) is 0.658. The van der Waals surface area contributed by atoms with Gasteiger partial charge in [-0.05, 0) is 20.2 Å². The second kappa shape index (κ2) is 11.7. The van der Waals surface area contributed by atoms with Crippen molar-refractivity contribution < 1.29 is 4.79 Å². The molecule has 2 N–H and O–H groups in total. The minimum absolute atomic E-state index is 0.0671. The van der Waals surface area contributed by atoms with Gasteiger partial charge in [0, 0.05) is 0 Å². The van der Waals surface area contributed by atoms with Gasteiger partial charge in [0.1, 0.15) is 0 Å². The first kappa shape index (κ1) is 12.6. The van der Waals surface area contributed by atoms with Gasteiger partial charge in [0.05, 0.1) is 6.54 Å². The van der Waals surface area contributed by atoms with E-state index in [4.69, 9.17) is 0 Å². The Hall–Kier alpha value is -1.09. The van der Waals surface area contributed by atoms with Crippen molar-refractivity contribution >= 4 is 5.91 Å². The standard InChI is InChI=1S/C5H10N2O.C3H6/c1-3-7-5(8)4-6-2;1-3-2/h3,6H,1,4H2,2H3,(H,7,8);3H,1H2,2H3. The quantitative estimate of drug-likeness (QED) is 0.589. The summed E-state index contributed by atoms with van der Waals surface area (Å²) in [4.78, 5) is 10.4. The molecule has 0 aliphatic carbocycles. The second-order valence-electron chi connectivity index (χ2n) is 1.71. The van der Waals surface area contributed by atoms with E-state index < -0.39 is 0 Å². The minimum atomic E-state index is -0.0671. The second-order valence-corrected chi connectivity index (χ2v) is 1.71. The summed E-state index contributed by atoms with van der Waals surface area (Å²) in [5.41, 5.74) is 0. The van der Waals surface area contributed by atoms with Crippen LogP contribution in [0.15, 0.2) is 25.4 Å². The predicted molar refractivity (Wildman–Crippen MR) is 48.1 cm³/mol. The molecule has 0 fully saturated rings. The van der Waals surface area contributed by atoms with Crippen LogP contribution in [0, 0.1) is 0 Å². The third-order valence-corrected chi connectivity index (χ3v) is 0.600. The van der Waals surface area contributed by atoms with Gasteiger partial charge in [-0.1, -0.05) is 12.7 Å². The molecular formula is C8H16N2O. The van der Waals surface area contributed by atoms with Crippen molar-refractivity contribution in [2.75, 3.05) is 13.6 Å². The van der Waals surface area contributed by atoms with E-state index in [0.717, 1.165) is 0 Å². The smallest absolute Gasteiger partial charge is 0.237 e. The lowest BCUT2D eigenvalue weighted by atomic mass is 10.6. The molecule has 0 saturated carbocycles. The Morgan fingerprint density at radius 2 is 2.00 bits per heavy atom. The number of amides is 1. The molecule has 0 spiro atoms. The van der Waals surface area contributed by atoms with Gasteiger partial charge in [0.25, 0.3) is 0 Å². The van der Waals surface area contributed by atoms with Gasteiger partial charge in [-0.15, -0.1) is 6.58 Å². The maximum Gasteiger partial charge on any atom is 0.237 e. The van der Waals surface area contributed by atoms with Crippen molar-refractivity contribution in [2.24, 2.45) is 0 Å². The number of carbonyl (C=O) groups excluding carboxylic acids is 1. The van der Waals surface area contributed by atoms with E-state index in [1.165, 1.54) is 6.20 Å². The molecule has 3 heteroatoms. The molecule has 0 radical (unpaired) electrons. The summed E-state index contributed by atoms with van der Waals surface area (Å²) in [6.45, 7) is 8.91. The Morgan fingerprint density at radius 3 is 2.27 bits per heavy atom. The zero-order valence-corrected chi connectivity index (χ0v) is 7.18. The number of hydrogen-bond acceptors (Lipinski definition) is 2. The third-order valence-electron chi connectivity index (χ3n) is 0.600. The fourth-order valence-corrected chi connectivity index (χ4v) is 0.325. The summed E-state index contributed by atoms with van der Waals surface area (Å²) < 4.78 is 0. The number of likely N-dealkylation sites (N-methyl/N-ethyl adjacent to an activating group) is 1. The molecule has 0 aromatic carbocycles. The van der Waals surface area contributed by atoms with Gasteiger partial charge in [0.15, 0.2) is 0 Å². The number of allylic oxidation sites excluding steroid dienone is 1. The third kappa shape index (κ3) is 17.6. The molecule has 64 valence electrons. The Morgan fingerprint density at radius 1 is 1.55 bits per heavy atom. The van der Waals surface area contributed by atoms with Crippen molar-refractivity contribution in [3.8, 4) is 0 Å². The van der Waals surface area contributed by atoms with Crippen molar-refractivity contribution in [2.45, 2.75) is 6.92 Å². The number of nitrogens with one attached hydrogen (secondary N) is 2. The molecule has 11 heavy (non-hydrogen) atoms. The molecule has 0 aliphatic rings. The van der Waals surface area contributed by atoms with Crippen LogP contribution in [0.2, 0.25) is 0 Å². The van der Waals surface area contributed by atoms with Gasteiger partial charge >= 0.3 is 0 Å². The summed E-state index contributed by atoms with van der Waals surface area (Å²) in [6, 6.07) is 0. The van der Waals surface area contributed by atoms with Crippen LogP contribution in [-0.2, 0) is 4.79 Å². The van der Waals surface area contributed by atoms with Gasteiger partial charge < -0.3 is 10.6 Å². The number of hydrogen-bond donors (Lipinski definition) is 2. The molecule has 0 atom stereocenters. The lowest BCUT2D eigenvalue weighted by molar-refractivity contribution is -0.119. The molecule has 0 unspecified atom stereocenters. The summed E-state index contributed by atoms with van der Waals surface area (Å²) in [6.07, 6.45) is 3.11. The molecule has 1 amide bonds. The van der Waals surface area contributed by atoms with Crippen LogP contribution < -0.4 is 10.6 Å². The Bertz CT molecular complexity index is 121. The number of carbonyl (C=O) groups is 1. The van der Waals surface area contributed by atoms with Crippen molar-refractivity contribution in [3.05, 3.63) is 25.4 Å². The Kier molecular flexibility index (Phi) is 13.3. The molecule has 0 rings (SSSR count). The van der Waals surface area contributed by atoms with Gasteiger partial charge in [0.2, 0.25) is 5.91 Å². The highest BCUT2D eigenvalue weighted by Crippen LogP contribution is 1.58. The summed E-state index contributed by atoms with van der Waals surface area (Å²) in [5.74, 6) is -0.0671. The lowest BCUT2D eigenvalue weighted by Crippen LogP contribution is -2.28. The largest absolute Gasteiger partial charge is 0.332 e. The maximum atomic E-state index is 10.4. The summed E-state index contributed by atoms with van der Waals surface area (Å²) in [5, 5.41) is 5.10. The zero-order valence-electron chi connectivity index (χ0n) is 7.18. The van der Waals surface area contributed by atoms with E-state index in [2.05, 4.69) is 23.8 Å². The first-order valence-corrected chi connectivity index (χ1v) is 3.34. The molecule has 0 heterocycles. The van der Waals surface area contributed by atoms with E-state index in [1.807, 2.05) is 6.92 Å². The van der Waals surface area contributed by atoms with E-state index in [-0.39, 0.29) is 5.91 Å². The van der Waals surface area contributed by atoms with E-state index in [1.54, 1.807) is 13.1 Å². The fourth-order valence-electron chi connectivity index (χ4n) is 0.325. The topological polar surface area (TPSA) is 41.1 Å². The highest BCUT2D eigenvalue weighted by atomic mass is 16.1. The molecule has 0 saturated heterocycles. The molecule has 0 aromatic heterocycles. The molecule has 3 nitrogen and oxygen atoms in total. The zero-order chi connectivity index (χ0) is 9.11. The van der Waals surface area contributed by atoms with Crippen LogP contribution in [-0.4, -0.2) is 19.5 Å². The highest BCUT2D eigenvalue weighted by Gasteiger charge is 1.90. The SMILES string of the molecule is C=CC.C=CNC(=O)CNC. The first-order chi connectivity index (χ1) is 5.22. The average molecular weight is 156 g/mol. The van der Waals surface area contributed by atoms with Crippen molar-refractivity contribution in [3.63, 3.8) is 0 Å². The van der Waals surface area contributed by atoms with Crippen molar-refractivity contribution in [1.29, 1.82) is 0 Å². The molecular weight excluding hydrogens is 140 g/mol. The van der Waals surface area contributed by atoms with Gasteiger partial charge in [-0.3, -0.25) is 4.79 Å². The van der Waals surface area contributed by atoms with Gasteiger partial charge in [-0.25, -0.2) is 0 Å². The lowest BCUT2D eigenvalue weighted by Gasteiger charge is -1.94. The van der Waals surface area contributed by atoms with E-state index in [0.29, 0.717) is 6.54 Å². The van der Waals surface area contributed by atoms with Gasteiger partial charge in [-0.2, -0.15) is 0 Å². The average Bonchev–Trinajstić information content (AvgIpc) is 1.90. The van der Waals surface area contributed by atoms with Crippen molar-refractivity contribution in [1.82, 2.24) is 10.6 Å². The van der Waals surface area contributed by atoms with Crippen LogP contribution >= 0.6 is 0 Å². The minimum Gasteiger partial charge on any atom is -0.332 e. The molecule has 0 aliphatic heterocycles. The monoisotopic (exact) mass is 156 g/mol. The normalized spacial score (nSPS) is 7.09. The molecule has 0 aromatic rings. The first-order valence-electron chi connectivity index (χ1n) is 3.34. The summed E-state index contributed by atoms with van der Waals surface area (Å²) in [7, 11) is 1.71. The maximum absolute atomic E-state index is 10.4.